The molecule has 5 nitrogen and oxygen atoms in total. The first-order valence-electron chi connectivity index (χ1n) is 4.67. The molecule has 0 saturated heterocycles. The topological polar surface area (TPSA) is 77.6 Å². The van der Waals surface area contributed by atoms with E-state index < -0.39 is 0 Å². The normalized spacial score (nSPS) is 10.4. The van der Waals surface area contributed by atoms with Crippen molar-refractivity contribution in [1.29, 1.82) is 0 Å². The maximum absolute atomic E-state index is 5.62. The molecule has 2 rings (SSSR count). The quantitative estimate of drug-likeness (QED) is 0.793. The molecular formula is C10H11N5S. The van der Waals surface area contributed by atoms with Crippen LogP contribution in [0.2, 0.25) is 0 Å². The van der Waals surface area contributed by atoms with E-state index in [0.717, 1.165) is 11.3 Å². The number of nitrogens with two attached hydrogens (primary N) is 1. The molecule has 0 fully saturated rings. The van der Waals surface area contributed by atoms with Gasteiger partial charge in [0.2, 0.25) is 5.95 Å². The highest BCUT2D eigenvalue weighted by molar-refractivity contribution is 7.98. The lowest BCUT2D eigenvalue weighted by Crippen LogP contribution is -2.01. The van der Waals surface area contributed by atoms with Gasteiger partial charge in [-0.3, -0.25) is 4.98 Å². The minimum atomic E-state index is 0.240. The van der Waals surface area contributed by atoms with Crippen LogP contribution in [-0.4, -0.2) is 26.2 Å². The molecule has 16 heavy (non-hydrogen) atoms. The summed E-state index contributed by atoms with van der Waals surface area (Å²) < 4.78 is 0. The Kier molecular flexibility index (Phi) is 3.00. The van der Waals surface area contributed by atoms with Gasteiger partial charge in [0.1, 0.15) is 0 Å². The first kappa shape index (κ1) is 10.8. The molecule has 0 aliphatic rings. The molecule has 2 heterocycles. The van der Waals surface area contributed by atoms with E-state index in [1.165, 1.54) is 11.8 Å². The Morgan fingerprint density at radius 2 is 2.06 bits per heavy atom. The van der Waals surface area contributed by atoms with Gasteiger partial charge in [-0.25, -0.2) is 4.98 Å². The van der Waals surface area contributed by atoms with Crippen LogP contribution in [0.15, 0.2) is 23.5 Å². The van der Waals surface area contributed by atoms with Crippen molar-refractivity contribution in [2.45, 2.75) is 12.1 Å². The Balaban J connectivity index is 2.51. The van der Waals surface area contributed by atoms with Crippen LogP contribution in [0.3, 0.4) is 0 Å². The molecule has 6 heteroatoms. The molecule has 0 spiro atoms. The van der Waals surface area contributed by atoms with Gasteiger partial charge < -0.3 is 5.73 Å². The minimum absolute atomic E-state index is 0.240. The molecule has 0 bridgehead atoms. The van der Waals surface area contributed by atoms with Crippen molar-refractivity contribution in [3.63, 3.8) is 0 Å². The lowest BCUT2D eigenvalue weighted by atomic mass is 10.2. The molecule has 0 aliphatic carbocycles. The second-order valence-corrected chi connectivity index (χ2v) is 3.96. The summed E-state index contributed by atoms with van der Waals surface area (Å²) in [6.07, 6.45) is 3.62. The Morgan fingerprint density at radius 1 is 1.25 bits per heavy atom. The summed E-state index contributed by atoms with van der Waals surface area (Å²) in [4.78, 5) is 16.5. The third-order valence-corrected chi connectivity index (χ3v) is 2.52. The largest absolute Gasteiger partial charge is 0.368 e. The fraction of sp³-hybridized carbons (Fsp3) is 0.200. The summed E-state index contributed by atoms with van der Waals surface area (Å²) in [5.41, 5.74) is 7.44. The summed E-state index contributed by atoms with van der Waals surface area (Å²) in [5.74, 6) is 0.825. The highest BCUT2D eigenvalue weighted by atomic mass is 32.2. The Labute approximate surface area is 97.6 Å². The Bertz CT molecular complexity index is 514. The highest BCUT2D eigenvalue weighted by Crippen LogP contribution is 2.18. The monoisotopic (exact) mass is 233 g/mol. The maximum Gasteiger partial charge on any atom is 0.224 e. The van der Waals surface area contributed by atoms with Gasteiger partial charge in [-0.15, -0.1) is 0 Å². The molecule has 2 aromatic rings. The van der Waals surface area contributed by atoms with E-state index in [1.54, 1.807) is 6.20 Å². The maximum atomic E-state index is 5.62. The van der Waals surface area contributed by atoms with E-state index in [0.29, 0.717) is 11.0 Å². The number of anilines is 1. The zero-order valence-corrected chi connectivity index (χ0v) is 9.82. The lowest BCUT2D eigenvalue weighted by Gasteiger charge is -2.03. The summed E-state index contributed by atoms with van der Waals surface area (Å²) in [5, 5.41) is 0.622. The number of pyridine rings is 1. The van der Waals surface area contributed by atoms with E-state index in [4.69, 9.17) is 5.73 Å². The summed E-state index contributed by atoms with van der Waals surface area (Å²) in [6.45, 7) is 1.92. The van der Waals surface area contributed by atoms with Crippen molar-refractivity contribution < 1.29 is 0 Å². The summed E-state index contributed by atoms with van der Waals surface area (Å²) in [7, 11) is 0. The SMILES string of the molecule is CSc1nc(N)nc(-c2ccnc(C)c2)n1. The number of hydrogen-bond donors (Lipinski definition) is 1. The van der Waals surface area contributed by atoms with Gasteiger partial charge >= 0.3 is 0 Å². The van der Waals surface area contributed by atoms with Crippen molar-refractivity contribution in [2.75, 3.05) is 12.0 Å². The molecule has 0 unspecified atom stereocenters. The predicted octanol–water partition coefficient (Wildman–Crippen LogP) is 1.55. The van der Waals surface area contributed by atoms with Crippen LogP contribution in [0.5, 0.6) is 0 Å². The van der Waals surface area contributed by atoms with Gasteiger partial charge in [-0.2, -0.15) is 9.97 Å². The van der Waals surface area contributed by atoms with Crippen LogP contribution < -0.4 is 5.73 Å². The van der Waals surface area contributed by atoms with Crippen molar-refractivity contribution in [3.05, 3.63) is 24.0 Å². The zero-order valence-electron chi connectivity index (χ0n) is 9.01. The molecule has 0 atom stereocenters. The van der Waals surface area contributed by atoms with E-state index in [2.05, 4.69) is 19.9 Å². The number of hydrogen-bond acceptors (Lipinski definition) is 6. The average Bonchev–Trinajstić information content (AvgIpc) is 2.28. The van der Waals surface area contributed by atoms with E-state index in [1.807, 2.05) is 25.3 Å². The van der Waals surface area contributed by atoms with E-state index >= 15 is 0 Å². The van der Waals surface area contributed by atoms with E-state index in [-0.39, 0.29) is 5.95 Å². The molecule has 2 aromatic heterocycles. The predicted molar refractivity (Wildman–Crippen MR) is 64.0 cm³/mol. The van der Waals surface area contributed by atoms with Crippen LogP contribution in [0.4, 0.5) is 5.95 Å². The van der Waals surface area contributed by atoms with Crippen molar-refractivity contribution in [1.82, 2.24) is 19.9 Å². The number of nitrogens with zero attached hydrogens (tertiary/aromatic N) is 4. The van der Waals surface area contributed by atoms with Crippen molar-refractivity contribution in [2.24, 2.45) is 0 Å². The standard InChI is InChI=1S/C10H11N5S/c1-6-5-7(3-4-12-6)8-13-9(11)15-10(14-8)16-2/h3-5H,1-2H3,(H2,11,13,14,15). The van der Waals surface area contributed by atoms with Gasteiger partial charge in [-0.1, -0.05) is 11.8 Å². The van der Waals surface area contributed by atoms with Crippen LogP contribution in [0.25, 0.3) is 11.4 Å². The molecule has 0 aliphatic heterocycles. The highest BCUT2D eigenvalue weighted by Gasteiger charge is 2.06. The molecule has 0 amide bonds. The second-order valence-electron chi connectivity index (χ2n) is 3.19. The average molecular weight is 233 g/mol. The first-order valence-corrected chi connectivity index (χ1v) is 5.90. The fourth-order valence-corrected chi connectivity index (χ4v) is 1.64. The molecule has 0 aromatic carbocycles. The molecule has 0 radical (unpaired) electrons. The molecule has 2 N–H and O–H groups in total. The smallest absolute Gasteiger partial charge is 0.224 e. The lowest BCUT2D eigenvalue weighted by molar-refractivity contribution is 0.926. The summed E-state index contributed by atoms with van der Waals surface area (Å²) >= 11 is 1.44. The van der Waals surface area contributed by atoms with Crippen molar-refractivity contribution in [3.8, 4) is 11.4 Å². The third-order valence-electron chi connectivity index (χ3n) is 1.97. The minimum Gasteiger partial charge on any atom is -0.368 e. The van der Waals surface area contributed by atoms with Crippen LogP contribution in [0, 0.1) is 6.92 Å². The van der Waals surface area contributed by atoms with Gasteiger partial charge in [0.25, 0.3) is 0 Å². The van der Waals surface area contributed by atoms with E-state index in [9.17, 15) is 0 Å². The molecule has 82 valence electrons. The van der Waals surface area contributed by atoms with Crippen molar-refractivity contribution >= 4 is 17.7 Å². The molecule has 0 saturated carbocycles. The number of rotatable bonds is 2. The number of nitrogen functional groups attached to an aromatic ring is 1. The van der Waals surface area contributed by atoms with Gasteiger partial charge in [0, 0.05) is 17.5 Å². The van der Waals surface area contributed by atoms with Gasteiger partial charge in [0.05, 0.1) is 0 Å². The van der Waals surface area contributed by atoms with Gasteiger partial charge in [-0.05, 0) is 25.3 Å². The second kappa shape index (κ2) is 4.44. The number of aromatic nitrogens is 4. The Morgan fingerprint density at radius 3 is 2.75 bits per heavy atom. The van der Waals surface area contributed by atoms with Crippen LogP contribution >= 0.6 is 11.8 Å². The summed E-state index contributed by atoms with van der Waals surface area (Å²) in [6, 6.07) is 3.77. The van der Waals surface area contributed by atoms with Gasteiger partial charge in [0.15, 0.2) is 11.0 Å². The van der Waals surface area contributed by atoms with Crippen LogP contribution in [-0.2, 0) is 0 Å². The third kappa shape index (κ3) is 2.27. The first-order chi connectivity index (χ1) is 7.69. The van der Waals surface area contributed by atoms with Crippen LogP contribution in [0.1, 0.15) is 5.69 Å². The Hall–Kier alpha value is -1.69. The number of aryl methyl sites for hydroxylation is 1. The molecular weight excluding hydrogens is 222 g/mol. The fourth-order valence-electron chi connectivity index (χ4n) is 1.28. The zero-order chi connectivity index (χ0) is 11.5. The number of thioether (sulfide) groups is 1.